The number of halogens is 1. The number of amides is 2. The second-order valence-electron chi connectivity index (χ2n) is 8.57. The molecule has 2 aliphatic heterocycles. The normalized spacial score (nSPS) is 19.1. The molecule has 0 saturated carbocycles. The Balaban J connectivity index is 1.59. The quantitative estimate of drug-likeness (QED) is 0.674. The summed E-state index contributed by atoms with van der Waals surface area (Å²) in [5, 5.41) is 6.17. The number of hydrazone groups is 1. The summed E-state index contributed by atoms with van der Waals surface area (Å²) in [7, 11) is 3.15. The monoisotopic (exact) mass is 468 g/mol. The van der Waals surface area contributed by atoms with E-state index < -0.39 is 0 Å². The van der Waals surface area contributed by atoms with Crippen molar-refractivity contribution in [2.24, 2.45) is 16.8 Å². The Morgan fingerprint density at radius 2 is 1.79 bits per heavy atom. The number of piperidine rings is 1. The predicted octanol–water partition coefficient (Wildman–Crippen LogP) is 2.72. The second-order valence-corrected chi connectivity index (χ2v) is 8.57. The van der Waals surface area contributed by atoms with Crippen molar-refractivity contribution in [3.05, 3.63) is 59.4 Å². The molecule has 1 fully saturated rings. The lowest BCUT2D eigenvalue weighted by Crippen LogP contribution is -2.44. The summed E-state index contributed by atoms with van der Waals surface area (Å²) in [6, 6.07) is 11.2. The van der Waals surface area contributed by atoms with E-state index in [9.17, 15) is 14.0 Å². The van der Waals surface area contributed by atoms with Crippen molar-refractivity contribution in [3.63, 3.8) is 0 Å². The smallest absolute Gasteiger partial charge is 0.257 e. The number of likely N-dealkylation sites (tertiary alicyclic amines) is 1. The van der Waals surface area contributed by atoms with E-state index in [1.165, 1.54) is 17.1 Å². The number of hydrogen-bond acceptors (Lipinski definition) is 6. The number of primary amides is 1. The Morgan fingerprint density at radius 3 is 2.41 bits per heavy atom. The van der Waals surface area contributed by atoms with Gasteiger partial charge in [-0.1, -0.05) is 12.1 Å². The molecule has 1 saturated heterocycles. The van der Waals surface area contributed by atoms with Crippen LogP contribution in [0.25, 0.3) is 0 Å². The van der Waals surface area contributed by atoms with Gasteiger partial charge in [0.2, 0.25) is 5.91 Å². The summed E-state index contributed by atoms with van der Waals surface area (Å²) >= 11 is 0. The van der Waals surface area contributed by atoms with Crippen LogP contribution < -0.4 is 15.2 Å². The molecule has 0 radical (unpaired) electrons. The minimum Gasteiger partial charge on any atom is -0.497 e. The molecule has 9 heteroatoms. The standard InChI is InChI=1S/C25H29FN4O4/c1-33-19-7-8-20(23(13-19)34-2)22-14-21(16-3-5-18(26)6-4-16)28-30(22)24(31)15-29-11-9-17(10-12-29)25(27)32/h3-8,13,17,22H,9-12,14-15H2,1-2H3,(H2,27,32). The number of ether oxygens (including phenoxy) is 2. The minimum absolute atomic E-state index is 0.141. The van der Waals surface area contributed by atoms with Gasteiger partial charge in [-0.2, -0.15) is 5.10 Å². The van der Waals surface area contributed by atoms with Crippen LogP contribution in [0, 0.1) is 11.7 Å². The van der Waals surface area contributed by atoms with E-state index in [2.05, 4.69) is 5.10 Å². The summed E-state index contributed by atoms with van der Waals surface area (Å²) in [6.07, 6.45) is 1.74. The zero-order chi connectivity index (χ0) is 24.2. The molecule has 2 amide bonds. The zero-order valence-electron chi connectivity index (χ0n) is 19.4. The third-order valence-electron chi connectivity index (χ3n) is 6.49. The number of hydrogen-bond donors (Lipinski definition) is 1. The molecule has 0 aromatic heterocycles. The van der Waals surface area contributed by atoms with Gasteiger partial charge in [-0.15, -0.1) is 0 Å². The molecule has 0 spiro atoms. The van der Waals surface area contributed by atoms with Gasteiger partial charge >= 0.3 is 0 Å². The van der Waals surface area contributed by atoms with Gasteiger partial charge in [-0.05, 0) is 55.8 Å². The van der Waals surface area contributed by atoms with Crippen LogP contribution in [0.2, 0.25) is 0 Å². The van der Waals surface area contributed by atoms with E-state index in [0.717, 1.165) is 11.1 Å². The van der Waals surface area contributed by atoms with Gasteiger partial charge in [0, 0.05) is 24.0 Å². The average Bonchev–Trinajstić information content (AvgIpc) is 3.29. The first-order chi connectivity index (χ1) is 16.4. The Kier molecular flexibility index (Phi) is 7.12. The van der Waals surface area contributed by atoms with Crippen LogP contribution in [0.1, 0.15) is 36.4 Å². The Morgan fingerprint density at radius 1 is 1.09 bits per heavy atom. The highest BCUT2D eigenvalue weighted by molar-refractivity contribution is 6.03. The van der Waals surface area contributed by atoms with Gasteiger partial charge < -0.3 is 15.2 Å². The highest BCUT2D eigenvalue weighted by atomic mass is 19.1. The van der Waals surface area contributed by atoms with Crippen molar-refractivity contribution in [2.75, 3.05) is 33.9 Å². The van der Waals surface area contributed by atoms with Crippen molar-refractivity contribution in [1.29, 1.82) is 0 Å². The van der Waals surface area contributed by atoms with Crippen molar-refractivity contribution in [2.45, 2.75) is 25.3 Å². The van der Waals surface area contributed by atoms with Gasteiger partial charge in [0.05, 0.1) is 32.5 Å². The largest absolute Gasteiger partial charge is 0.497 e. The van der Waals surface area contributed by atoms with Gasteiger partial charge in [0.25, 0.3) is 5.91 Å². The first-order valence-electron chi connectivity index (χ1n) is 11.3. The van der Waals surface area contributed by atoms with E-state index in [1.807, 2.05) is 17.0 Å². The Bertz CT molecular complexity index is 1080. The number of carbonyl (C=O) groups is 2. The molecular weight excluding hydrogens is 439 g/mol. The van der Waals surface area contributed by atoms with E-state index in [4.69, 9.17) is 15.2 Å². The zero-order valence-corrected chi connectivity index (χ0v) is 19.4. The summed E-state index contributed by atoms with van der Waals surface area (Å²) < 4.78 is 24.4. The molecule has 34 heavy (non-hydrogen) atoms. The maximum absolute atomic E-state index is 13.5. The van der Waals surface area contributed by atoms with Crippen molar-refractivity contribution >= 4 is 17.5 Å². The molecule has 0 bridgehead atoms. The third-order valence-corrected chi connectivity index (χ3v) is 6.49. The van der Waals surface area contributed by atoms with Gasteiger partial charge in [-0.25, -0.2) is 9.40 Å². The van der Waals surface area contributed by atoms with Crippen LogP contribution >= 0.6 is 0 Å². The van der Waals surface area contributed by atoms with Crippen molar-refractivity contribution in [3.8, 4) is 11.5 Å². The van der Waals surface area contributed by atoms with Crippen LogP contribution in [-0.2, 0) is 9.59 Å². The van der Waals surface area contributed by atoms with Crippen molar-refractivity contribution < 1.29 is 23.5 Å². The molecule has 2 N–H and O–H groups in total. The third kappa shape index (κ3) is 5.04. The fraction of sp³-hybridized carbons (Fsp3) is 0.400. The number of benzene rings is 2. The molecule has 2 aliphatic rings. The molecule has 4 rings (SSSR count). The first-order valence-corrected chi connectivity index (χ1v) is 11.3. The minimum atomic E-state index is -0.378. The molecule has 2 heterocycles. The Labute approximate surface area is 198 Å². The number of nitrogens with zero attached hydrogens (tertiary/aromatic N) is 3. The fourth-order valence-corrected chi connectivity index (χ4v) is 4.53. The summed E-state index contributed by atoms with van der Waals surface area (Å²) in [5.74, 6) is 0.331. The number of rotatable bonds is 7. The SMILES string of the molecule is COc1ccc(C2CC(c3ccc(F)cc3)=NN2C(=O)CN2CCC(C(N)=O)CC2)c(OC)c1. The molecule has 2 aromatic carbocycles. The number of nitrogens with two attached hydrogens (primary N) is 1. The highest BCUT2D eigenvalue weighted by Crippen LogP contribution is 2.39. The van der Waals surface area contributed by atoms with Crippen LogP contribution in [0.5, 0.6) is 11.5 Å². The molecule has 1 unspecified atom stereocenters. The predicted molar refractivity (Wildman–Crippen MR) is 125 cm³/mol. The van der Waals surface area contributed by atoms with E-state index in [-0.39, 0.29) is 36.1 Å². The molecule has 1 atom stereocenters. The Hall–Kier alpha value is -3.46. The lowest BCUT2D eigenvalue weighted by Gasteiger charge is -2.31. The van der Waals surface area contributed by atoms with Gasteiger partial charge in [-0.3, -0.25) is 14.5 Å². The molecule has 8 nitrogen and oxygen atoms in total. The topological polar surface area (TPSA) is 97.5 Å². The number of carbonyl (C=O) groups excluding carboxylic acids is 2. The molecule has 0 aliphatic carbocycles. The van der Waals surface area contributed by atoms with Crippen LogP contribution in [0.3, 0.4) is 0 Å². The maximum Gasteiger partial charge on any atom is 0.257 e. The summed E-state index contributed by atoms with van der Waals surface area (Å²) in [5.41, 5.74) is 7.70. The van der Waals surface area contributed by atoms with Gasteiger partial charge in [0.1, 0.15) is 17.3 Å². The average molecular weight is 469 g/mol. The van der Waals surface area contributed by atoms with Crippen LogP contribution in [-0.4, -0.2) is 61.3 Å². The maximum atomic E-state index is 13.5. The van der Waals surface area contributed by atoms with Crippen LogP contribution in [0.4, 0.5) is 4.39 Å². The van der Waals surface area contributed by atoms with E-state index in [0.29, 0.717) is 49.6 Å². The molecule has 180 valence electrons. The van der Waals surface area contributed by atoms with E-state index in [1.54, 1.807) is 32.4 Å². The molecule has 2 aromatic rings. The lowest BCUT2D eigenvalue weighted by molar-refractivity contribution is -0.134. The second kappa shape index (κ2) is 10.2. The summed E-state index contributed by atoms with van der Waals surface area (Å²) in [4.78, 5) is 26.9. The number of methoxy groups -OCH3 is 2. The lowest BCUT2D eigenvalue weighted by atomic mass is 9.96. The van der Waals surface area contributed by atoms with Gasteiger partial charge in [0.15, 0.2) is 0 Å². The van der Waals surface area contributed by atoms with Crippen molar-refractivity contribution in [1.82, 2.24) is 9.91 Å². The molecular formula is C25H29FN4O4. The fourth-order valence-electron chi connectivity index (χ4n) is 4.53. The van der Waals surface area contributed by atoms with E-state index >= 15 is 0 Å². The first kappa shape index (κ1) is 23.7. The van der Waals surface area contributed by atoms with Crippen LogP contribution in [0.15, 0.2) is 47.6 Å². The summed E-state index contributed by atoms with van der Waals surface area (Å²) in [6.45, 7) is 1.43. The highest BCUT2D eigenvalue weighted by Gasteiger charge is 2.36.